The summed E-state index contributed by atoms with van der Waals surface area (Å²) in [6.07, 6.45) is 1.88. The normalized spacial score (nSPS) is 16.2. The van der Waals surface area contributed by atoms with E-state index in [9.17, 15) is 4.79 Å². The van der Waals surface area contributed by atoms with Gasteiger partial charge < -0.3 is 10.1 Å². The molecule has 3 aromatic rings. The maximum Gasteiger partial charge on any atom is 0.264 e. The standard InChI is InChI=1S/C24H20N2O2S/c1-2-28-21-14-12-19(13-15-21)18-10-8-17(9-11-18)16-22-23(27)26-24(29-22)25-20-6-4-3-5-7-20/h3-16H,2H2,1H3,(H,25,26,27). The molecule has 0 aliphatic carbocycles. The van der Waals surface area contributed by atoms with Crippen molar-refractivity contribution in [2.24, 2.45) is 4.99 Å². The van der Waals surface area contributed by atoms with Crippen LogP contribution < -0.4 is 10.1 Å². The van der Waals surface area contributed by atoms with Gasteiger partial charge in [-0.15, -0.1) is 0 Å². The molecule has 1 aliphatic rings. The number of carbonyl (C=O) groups is 1. The second-order valence-corrected chi connectivity index (χ2v) is 7.43. The summed E-state index contributed by atoms with van der Waals surface area (Å²) in [4.78, 5) is 17.4. The van der Waals surface area contributed by atoms with Gasteiger partial charge in [-0.25, -0.2) is 4.99 Å². The fourth-order valence-corrected chi connectivity index (χ4v) is 3.78. The molecule has 4 nitrogen and oxygen atoms in total. The van der Waals surface area contributed by atoms with Crippen molar-refractivity contribution in [3.63, 3.8) is 0 Å². The monoisotopic (exact) mass is 400 g/mol. The summed E-state index contributed by atoms with van der Waals surface area (Å²) < 4.78 is 5.49. The zero-order valence-corrected chi connectivity index (χ0v) is 16.8. The Labute approximate surface area is 174 Å². The molecule has 0 aromatic heterocycles. The van der Waals surface area contributed by atoms with Crippen LogP contribution in [0.15, 0.2) is 88.8 Å². The molecule has 1 heterocycles. The number of nitrogens with one attached hydrogen (secondary N) is 1. The van der Waals surface area contributed by atoms with E-state index in [1.807, 2.05) is 79.7 Å². The van der Waals surface area contributed by atoms with Crippen LogP contribution in [0.2, 0.25) is 0 Å². The van der Waals surface area contributed by atoms with Gasteiger partial charge in [-0.2, -0.15) is 0 Å². The van der Waals surface area contributed by atoms with Crippen molar-refractivity contribution < 1.29 is 9.53 Å². The molecule has 0 saturated carbocycles. The zero-order valence-electron chi connectivity index (χ0n) is 16.0. The number of hydrogen-bond acceptors (Lipinski definition) is 4. The van der Waals surface area contributed by atoms with Crippen LogP contribution in [0.5, 0.6) is 5.75 Å². The third-order valence-corrected chi connectivity index (χ3v) is 5.25. The van der Waals surface area contributed by atoms with Gasteiger partial charge in [-0.1, -0.05) is 54.6 Å². The number of nitrogens with zero attached hydrogens (tertiary/aromatic N) is 1. The predicted molar refractivity (Wildman–Crippen MR) is 120 cm³/mol. The lowest BCUT2D eigenvalue weighted by atomic mass is 10.0. The van der Waals surface area contributed by atoms with Gasteiger partial charge >= 0.3 is 0 Å². The molecule has 1 fully saturated rings. The third-order valence-electron chi connectivity index (χ3n) is 4.34. The van der Waals surface area contributed by atoms with E-state index < -0.39 is 0 Å². The lowest BCUT2D eigenvalue weighted by Crippen LogP contribution is -2.19. The maximum atomic E-state index is 12.3. The molecular weight excluding hydrogens is 380 g/mol. The SMILES string of the molecule is CCOc1ccc(-c2ccc(C=C3SC(=Nc4ccccc4)NC3=O)cc2)cc1. The quantitative estimate of drug-likeness (QED) is 0.564. The lowest BCUT2D eigenvalue weighted by Gasteiger charge is -2.06. The first-order valence-electron chi connectivity index (χ1n) is 9.39. The Balaban J connectivity index is 1.48. The number of amidine groups is 1. The highest BCUT2D eigenvalue weighted by atomic mass is 32.2. The van der Waals surface area contributed by atoms with Crippen molar-refractivity contribution >= 4 is 34.6 Å². The highest BCUT2D eigenvalue weighted by molar-refractivity contribution is 8.18. The summed E-state index contributed by atoms with van der Waals surface area (Å²) in [5, 5.41) is 3.42. The highest BCUT2D eigenvalue weighted by Gasteiger charge is 2.23. The average molecular weight is 401 g/mol. The van der Waals surface area contributed by atoms with E-state index >= 15 is 0 Å². The van der Waals surface area contributed by atoms with E-state index in [4.69, 9.17) is 4.74 Å². The fraction of sp³-hybridized carbons (Fsp3) is 0.0833. The number of ether oxygens (including phenoxy) is 1. The minimum atomic E-state index is -0.125. The molecule has 3 aromatic carbocycles. The number of benzene rings is 3. The number of rotatable bonds is 5. The van der Waals surface area contributed by atoms with Crippen molar-refractivity contribution in [1.82, 2.24) is 5.32 Å². The van der Waals surface area contributed by atoms with Gasteiger partial charge in [0.05, 0.1) is 17.2 Å². The summed E-state index contributed by atoms with van der Waals surface area (Å²) in [5.41, 5.74) is 4.03. The Morgan fingerprint density at radius 2 is 1.59 bits per heavy atom. The molecule has 4 rings (SSSR count). The van der Waals surface area contributed by atoms with Crippen molar-refractivity contribution in [2.45, 2.75) is 6.92 Å². The lowest BCUT2D eigenvalue weighted by molar-refractivity contribution is -0.115. The van der Waals surface area contributed by atoms with Crippen molar-refractivity contribution in [1.29, 1.82) is 0 Å². The van der Waals surface area contributed by atoms with Gasteiger partial charge in [0.1, 0.15) is 5.75 Å². The summed E-state index contributed by atoms with van der Waals surface area (Å²) in [6, 6.07) is 25.8. The highest BCUT2D eigenvalue weighted by Crippen LogP contribution is 2.29. The van der Waals surface area contributed by atoms with Gasteiger partial charge in [0.2, 0.25) is 0 Å². The van der Waals surface area contributed by atoms with E-state index in [0.717, 1.165) is 28.1 Å². The molecule has 1 saturated heterocycles. The van der Waals surface area contributed by atoms with Crippen LogP contribution in [0.1, 0.15) is 12.5 Å². The van der Waals surface area contributed by atoms with Crippen LogP contribution in [0, 0.1) is 0 Å². The minimum Gasteiger partial charge on any atom is -0.494 e. The average Bonchev–Trinajstić information content (AvgIpc) is 3.09. The molecule has 0 atom stereocenters. The molecule has 5 heteroatoms. The van der Waals surface area contributed by atoms with Crippen LogP contribution in [0.3, 0.4) is 0 Å². The first-order chi connectivity index (χ1) is 14.2. The van der Waals surface area contributed by atoms with E-state index in [0.29, 0.717) is 16.7 Å². The smallest absolute Gasteiger partial charge is 0.264 e. The zero-order chi connectivity index (χ0) is 20.1. The predicted octanol–water partition coefficient (Wildman–Crippen LogP) is 5.64. The summed E-state index contributed by atoms with van der Waals surface area (Å²) in [6.45, 7) is 2.63. The van der Waals surface area contributed by atoms with E-state index in [1.165, 1.54) is 11.8 Å². The second-order valence-electron chi connectivity index (χ2n) is 6.40. The largest absolute Gasteiger partial charge is 0.494 e. The van der Waals surface area contributed by atoms with Gasteiger partial charge in [0.15, 0.2) is 5.17 Å². The maximum absolute atomic E-state index is 12.3. The summed E-state index contributed by atoms with van der Waals surface area (Å²) in [5.74, 6) is 0.745. The number of amides is 1. The van der Waals surface area contributed by atoms with Crippen LogP contribution >= 0.6 is 11.8 Å². The molecule has 1 amide bonds. The number of aliphatic imine (C=N–C) groups is 1. The Kier molecular flexibility index (Phi) is 5.77. The molecule has 0 radical (unpaired) electrons. The van der Waals surface area contributed by atoms with E-state index in [2.05, 4.69) is 22.4 Å². The third kappa shape index (κ3) is 4.76. The van der Waals surface area contributed by atoms with Gasteiger partial charge in [-0.05, 0) is 65.7 Å². The molecule has 1 aliphatic heterocycles. The number of thioether (sulfide) groups is 1. The van der Waals surface area contributed by atoms with Crippen LogP contribution in [-0.4, -0.2) is 17.7 Å². The molecule has 29 heavy (non-hydrogen) atoms. The van der Waals surface area contributed by atoms with Crippen molar-refractivity contribution in [3.8, 4) is 16.9 Å². The van der Waals surface area contributed by atoms with Gasteiger partial charge in [0, 0.05) is 0 Å². The Hall–Kier alpha value is -3.31. The molecule has 1 N–H and O–H groups in total. The van der Waals surface area contributed by atoms with E-state index in [-0.39, 0.29) is 5.91 Å². The second kappa shape index (κ2) is 8.80. The Bertz CT molecular complexity index is 1060. The molecule has 0 unspecified atom stereocenters. The fourth-order valence-electron chi connectivity index (χ4n) is 2.93. The van der Waals surface area contributed by atoms with E-state index in [1.54, 1.807) is 0 Å². The van der Waals surface area contributed by atoms with Crippen LogP contribution in [-0.2, 0) is 4.79 Å². The number of hydrogen-bond donors (Lipinski definition) is 1. The summed E-state index contributed by atoms with van der Waals surface area (Å²) in [7, 11) is 0. The topological polar surface area (TPSA) is 50.7 Å². The number of para-hydroxylation sites is 1. The minimum absolute atomic E-state index is 0.125. The van der Waals surface area contributed by atoms with Crippen molar-refractivity contribution in [2.75, 3.05) is 6.61 Å². The van der Waals surface area contributed by atoms with Crippen LogP contribution in [0.4, 0.5) is 5.69 Å². The van der Waals surface area contributed by atoms with Crippen molar-refractivity contribution in [3.05, 3.63) is 89.3 Å². The Morgan fingerprint density at radius 3 is 2.24 bits per heavy atom. The van der Waals surface area contributed by atoms with Crippen LogP contribution in [0.25, 0.3) is 17.2 Å². The van der Waals surface area contributed by atoms with Gasteiger partial charge in [0.25, 0.3) is 5.91 Å². The molecule has 0 spiro atoms. The first-order valence-corrected chi connectivity index (χ1v) is 10.2. The molecule has 0 bridgehead atoms. The Morgan fingerprint density at radius 1 is 0.931 bits per heavy atom. The first kappa shape index (κ1) is 19.0. The molecule has 144 valence electrons. The summed E-state index contributed by atoms with van der Waals surface area (Å²) >= 11 is 1.35. The number of carbonyl (C=O) groups excluding carboxylic acids is 1. The molecular formula is C24H20N2O2S. The van der Waals surface area contributed by atoms with Gasteiger partial charge in [-0.3, -0.25) is 4.79 Å².